The summed E-state index contributed by atoms with van der Waals surface area (Å²) < 4.78 is 13.8. The second-order valence-electron chi connectivity index (χ2n) is 5.87. The van der Waals surface area contributed by atoms with Crippen LogP contribution in [0, 0.1) is 11.7 Å². The molecule has 3 heteroatoms. The van der Waals surface area contributed by atoms with Crippen LogP contribution >= 0.6 is 11.6 Å². The van der Waals surface area contributed by atoms with E-state index in [0.717, 1.165) is 31.6 Å². The molecule has 106 valence electrons. The van der Waals surface area contributed by atoms with Gasteiger partial charge in [0.25, 0.3) is 0 Å². The lowest BCUT2D eigenvalue weighted by atomic mass is 9.74. The maximum Gasteiger partial charge on any atom is 0.127 e. The molecule has 0 unspecified atom stereocenters. The Morgan fingerprint density at radius 2 is 2.05 bits per heavy atom. The molecule has 0 saturated heterocycles. The van der Waals surface area contributed by atoms with Crippen LogP contribution < -0.4 is 0 Å². The van der Waals surface area contributed by atoms with E-state index in [2.05, 4.69) is 6.92 Å². The summed E-state index contributed by atoms with van der Waals surface area (Å²) in [5.41, 5.74) is -0.167. The third-order valence-electron chi connectivity index (χ3n) is 4.27. The SMILES string of the molecule is CCCC1CCC(O)(Cc2ccc(Cl)cc2F)CC1. The van der Waals surface area contributed by atoms with Gasteiger partial charge < -0.3 is 5.11 Å². The molecule has 1 aromatic carbocycles. The molecule has 2 rings (SSSR count). The highest BCUT2D eigenvalue weighted by atomic mass is 35.5. The summed E-state index contributed by atoms with van der Waals surface area (Å²) >= 11 is 5.75. The van der Waals surface area contributed by atoms with Crippen molar-refractivity contribution >= 4 is 11.6 Å². The normalized spacial score (nSPS) is 27.5. The fraction of sp³-hybridized carbons (Fsp3) is 0.625. The second kappa shape index (κ2) is 6.23. The standard InChI is InChI=1S/C16H22ClFO/c1-2-3-12-6-8-16(19,9-7-12)11-13-4-5-14(17)10-15(13)18/h4-5,10,12,19H,2-3,6-9,11H2,1H3. The minimum Gasteiger partial charge on any atom is -0.390 e. The third kappa shape index (κ3) is 3.93. The lowest BCUT2D eigenvalue weighted by molar-refractivity contribution is -0.0105. The molecule has 0 aromatic heterocycles. The van der Waals surface area contributed by atoms with Crippen LogP contribution in [0.5, 0.6) is 0 Å². The van der Waals surface area contributed by atoms with Crippen molar-refractivity contribution in [2.45, 2.75) is 57.5 Å². The van der Waals surface area contributed by atoms with E-state index in [1.165, 1.54) is 18.9 Å². The Morgan fingerprint density at radius 1 is 1.37 bits per heavy atom. The zero-order valence-corrected chi connectivity index (χ0v) is 12.2. The van der Waals surface area contributed by atoms with Crippen molar-refractivity contribution in [2.75, 3.05) is 0 Å². The molecule has 1 N–H and O–H groups in total. The van der Waals surface area contributed by atoms with Crippen LogP contribution in [-0.2, 0) is 6.42 Å². The first-order chi connectivity index (χ1) is 9.02. The highest BCUT2D eigenvalue weighted by Crippen LogP contribution is 2.36. The maximum atomic E-state index is 13.8. The van der Waals surface area contributed by atoms with Crippen molar-refractivity contribution in [1.29, 1.82) is 0 Å². The van der Waals surface area contributed by atoms with Crippen LogP contribution in [0.25, 0.3) is 0 Å². The molecule has 1 nitrogen and oxygen atoms in total. The molecule has 0 heterocycles. The predicted molar refractivity (Wildman–Crippen MR) is 76.9 cm³/mol. The van der Waals surface area contributed by atoms with Crippen LogP contribution in [-0.4, -0.2) is 10.7 Å². The summed E-state index contributed by atoms with van der Waals surface area (Å²) in [7, 11) is 0. The molecule has 1 aromatic rings. The van der Waals surface area contributed by atoms with Gasteiger partial charge in [-0.15, -0.1) is 0 Å². The van der Waals surface area contributed by atoms with E-state index in [-0.39, 0.29) is 5.82 Å². The van der Waals surface area contributed by atoms with Crippen molar-refractivity contribution in [3.8, 4) is 0 Å². The zero-order valence-electron chi connectivity index (χ0n) is 11.5. The Bertz CT molecular complexity index is 425. The summed E-state index contributed by atoms with van der Waals surface area (Å²) in [5.74, 6) is 0.428. The number of halogens is 2. The number of rotatable bonds is 4. The van der Waals surface area contributed by atoms with Crippen LogP contribution in [0.4, 0.5) is 4.39 Å². The van der Waals surface area contributed by atoms with E-state index >= 15 is 0 Å². The van der Waals surface area contributed by atoms with Gasteiger partial charge in [0.15, 0.2) is 0 Å². The molecule has 0 bridgehead atoms. The van der Waals surface area contributed by atoms with Gasteiger partial charge >= 0.3 is 0 Å². The highest BCUT2D eigenvalue weighted by molar-refractivity contribution is 6.30. The molecule has 0 radical (unpaired) electrons. The van der Waals surface area contributed by atoms with Crippen molar-refractivity contribution in [2.24, 2.45) is 5.92 Å². The van der Waals surface area contributed by atoms with Gasteiger partial charge in [0, 0.05) is 11.4 Å². The Labute approximate surface area is 119 Å². The van der Waals surface area contributed by atoms with Crippen LogP contribution in [0.15, 0.2) is 18.2 Å². The van der Waals surface area contributed by atoms with E-state index in [1.54, 1.807) is 12.1 Å². The Morgan fingerprint density at radius 3 is 2.63 bits per heavy atom. The minimum absolute atomic E-state index is 0.309. The molecule has 1 fully saturated rings. The monoisotopic (exact) mass is 284 g/mol. The van der Waals surface area contributed by atoms with E-state index in [1.807, 2.05) is 0 Å². The summed E-state index contributed by atoms with van der Waals surface area (Å²) in [5, 5.41) is 11.0. The molecule has 1 aliphatic rings. The van der Waals surface area contributed by atoms with Crippen LogP contribution in [0.2, 0.25) is 5.02 Å². The highest BCUT2D eigenvalue weighted by Gasteiger charge is 2.33. The largest absolute Gasteiger partial charge is 0.390 e. The summed E-state index contributed by atoms with van der Waals surface area (Å²) in [6, 6.07) is 4.70. The third-order valence-corrected chi connectivity index (χ3v) is 4.50. The van der Waals surface area contributed by atoms with E-state index in [4.69, 9.17) is 11.6 Å². The predicted octanol–water partition coefficient (Wildman–Crippen LogP) is 4.74. The van der Waals surface area contributed by atoms with Gasteiger partial charge in [-0.05, 0) is 49.3 Å². The summed E-state index contributed by atoms with van der Waals surface area (Å²) in [6.45, 7) is 2.20. The average Bonchev–Trinajstić information content (AvgIpc) is 2.36. The Hall–Kier alpha value is -0.600. The second-order valence-corrected chi connectivity index (χ2v) is 6.31. The quantitative estimate of drug-likeness (QED) is 0.846. The zero-order chi connectivity index (χ0) is 13.9. The molecule has 1 saturated carbocycles. The maximum absolute atomic E-state index is 13.8. The van der Waals surface area contributed by atoms with Crippen molar-refractivity contribution < 1.29 is 9.50 Å². The van der Waals surface area contributed by atoms with Gasteiger partial charge in [-0.1, -0.05) is 37.4 Å². The van der Waals surface area contributed by atoms with Gasteiger partial charge in [0.1, 0.15) is 5.82 Å². The Kier molecular flexibility index (Phi) is 4.86. The first-order valence-corrected chi connectivity index (χ1v) is 7.56. The molecular formula is C16H22ClFO. The summed E-state index contributed by atoms with van der Waals surface area (Å²) in [4.78, 5) is 0. The minimum atomic E-state index is -0.737. The lowest BCUT2D eigenvalue weighted by Crippen LogP contribution is -2.36. The van der Waals surface area contributed by atoms with E-state index < -0.39 is 5.60 Å². The van der Waals surface area contributed by atoms with Crippen molar-refractivity contribution in [3.63, 3.8) is 0 Å². The fourth-order valence-electron chi connectivity index (χ4n) is 3.11. The van der Waals surface area contributed by atoms with E-state index in [9.17, 15) is 9.50 Å². The molecule has 19 heavy (non-hydrogen) atoms. The van der Waals surface area contributed by atoms with Crippen LogP contribution in [0.1, 0.15) is 51.0 Å². The molecular weight excluding hydrogens is 263 g/mol. The Balaban J connectivity index is 1.99. The van der Waals surface area contributed by atoms with Gasteiger partial charge in [0.2, 0.25) is 0 Å². The molecule has 0 atom stereocenters. The number of hydrogen-bond acceptors (Lipinski definition) is 1. The molecule has 0 aliphatic heterocycles. The van der Waals surface area contributed by atoms with E-state index in [0.29, 0.717) is 17.0 Å². The number of aliphatic hydroxyl groups is 1. The van der Waals surface area contributed by atoms with Crippen molar-refractivity contribution in [1.82, 2.24) is 0 Å². The summed E-state index contributed by atoms with van der Waals surface area (Å²) in [6.07, 6.45) is 6.51. The topological polar surface area (TPSA) is 20.2 Å². The molecule has 1 aliphatic carbocycles. The lowest BCUT2D eigenvalue weighted by Gasteiger charge is -2.36. The van der Waals surface area contributed by atoms with Crippen LogP contribution in [0.3, 0.4) is 0 Å². The van der Waals surface area contributed by atoms with Crippen molar-refractivity contribution in [3.05, 3.63) is 34.6 Å². The van der Waals surface area contributed by atoms with Gasteiger partial charge in [0.05, 0.1) is 5.60 Å². The first-order valence-electron chi connectivity index (χ1n) is 7.19. The van der Waals surface area contributed by atoms with Gasteiger partial charge in [-0.25, -0.2) is 4.39 Å². The first kappa shape index (κ1) is 14.8. The van der Waals surface area contributed by atoms with Gasteiger partial charge in [-0.2, -0.15) is 0 Å². The molecule has 0 spiro atoms. The smallest absolute Gasteiger partial charge is 0.127 e. The average molecular weight is 285 g/mol. The number of hydrogen-bond donors (Lipinski definition) is 1. The van der Waals surface area contributed by atoms with Gasteiger partial charge in [-0.3, -0.25) is 0 Å². The molecule has 0 amide bonds. The fourth-order valence-corrected chi connectivity index (χ4v) is 3.27. The number of benzene rings is 1.